The molecule has 0 radical (unpaired) electrons. The number of aromatic nitrogens is 2. The molecule has 0 saturated carbocycles. The summed E-state index contributed by atoms with van der Waals surface area (Å²) in [7, 11) is 0. The van der Waals surface area contributed by atoms with Gasteiger partial charge in [0, 0.05) is 24.0 Å². The largest absolute Gasteiger partial charge is 0.461 e. The predicted octanol–water partition coefficient (Wildman–Crippen LogP) is 2.28. The van der Waals surface area contributed by atoms with E-state index >= 15 is 0 Å². The number of carbonyl (C=O) groups excluding carboxylic acids is 1. The standard InChI is InChI=1S/C12H10F2N2O2/c1-2-18-11(17)12(13,14)9-7-15-6-8-4-3-5-16-10(8)9/h3-7H,2H2,1H3. The summed E-state index contributed by atoms with van der Waals surface area (Å²) in [4.78, 5) is 18.8. The Bertz CT molecular complexity index is 582. The second kappa shape index (κ2) is 4.64. The number of hydrogen-bond donors (Lipinski definition) is 0. The van der Waals surface area contributed by atoms with Gasteiger partial charge in [-0.05, 0) is 19.1 Å². The molecule has 0 unspecified atom stereocenters. The number of halogens is 2. The summed E-state index contributed by atoms with van der Waals surface area (Å²) in [5.74, 6) is -5.35. The first-order valence-electron chi connectivity index (χ1n) is 5.31. The molecule has 0 aliphatic carbocycles. The van der Waals surface area contributed by atoms with E-state index in [9.17, 15) is 13.6 Å². The number of fused-ring (bicyclic) bond motifs is 1. The summed E-state index contributed by atoms with van der Waals surface area (Å²) in [6, 6.07) is 3.20. The third kappa shape index (κ3) is 2.01. The van der Waals surface area contributed by atoms with Gasteiger partial charge in [-0.25, -0.2) is 4.79 Å². The van der Waals surface area contributed by atoms with Crippen LogP contribution in [0.5, 0.6) is 0 Å². The van der Waals surface area contributed by atoms with Crippen molar-refractivity contribution < 1.29 is 18.3 Å². The molecule has 4 nitrogen and oxygen atoms in total. The van der Waals surface area contributed by atoms with E-state index < -0.39 is 17.5 Å². The molecular weight excluding hydrogens is 242 g/mol. The van der Waals surface area contributed by atoms with Gasteiger partial charge in [0.05, 0.1) is 17.7 Å². The van der Waals surface area contributed by atoms with Gasteiger partial charge in [0.1, 0.15) is 0 Å². The summed E-state index contributed by atoms with van der Waals surface area (Å²) in [6.07, 6.45) is 3.73. The number of carbonyl (C=O) groups is 1. The Balaban J connectivity index is 2.56. The minimum Gasteiger partial charge on any atom is -0.461 e. The lowest BCUT2D eigenvalue weighted by molar-refractivity contribution is -0.172. The number of nitrogens with zero attached hydrogens (tertiary/aromatic N) is 2. The van der Waals surface area contributed by atoms with Crippen molar-refractivity contribution in [3.63, 3.8) is 0 Å². The molecular formula is C12H10F2N2O2. The third-order valence-corrected chi connectivity index (χ3v) is 2.38. The van der Waals surface area contributed by atoms with Gasteiger partial charge in [-0.2, -0.15) is 8.78 Å². The second-order valence-electron chi connectivity index (χ2n) is 3.56. The lowest BCUT2D eigenvalue weighted by Crippen LogP contribution is -2.28. The average molecular weight is 252 g/mol. The Morgan fingerprint density at radius 3 is 2.94 bits per heavy atom. The van der Waals surface area contributed by atoms with E-state index in [1.807, 2.05) is 0 Å². The number of ether oxygens (including phenoxy) is 1. The van der Waals surface area contributed by atoms with Crippen LogP contribution in [0.2, 0.25) is 0 Å². The minimum absolute atomic E-state index is 0.0468. The molecule has 0 atom stereocenters. The van der Waals surface area contributed by atoms with Gasteiger partial charge in [-0.1, -0.05) is 0 Å². The van der Waals surface area contributed by atoms with Gasteiger partial charge < -0.3 is 4.74 Å². The molecule has 94 valence electrons. The highest BCUT2D eigenvalue weighted by Crippen LogP contribution is 2.33. The molecule has 0 amide bonds. The lowest BCUT2D eigenvalue weighted by atomic mass is 10.1. The monoisotopic (exact) mass is 252 g/mol. The van der Waals surface area contributed by atoms with Gasteiger partial charge >= 0.3 is 11.9 Å². The second-order valence-corrected chi connectivity index (χ2v) is 3.56. The van der Waals surface area contributed by atoms with Crippen molar-refractivity contribution in [2.75, 3.05) is 6.61 Å². The van der Waals surface area contributed by atoms with Crippen LogP contribution in [0.15, 0.2) is 30.7 Å². The molecule has 18 heavy (non-hydrogen) atoms. The highest BCUT2D eigenvalue weighted by atomic mass is 19.3. The minimum atomic E-state index is -3.75. The first-order chi connectivity index (χ1) is 8.57. The van der Waals surface area contributed by atoms with Crippen LogP contribution in [0.25, 0.3) is 10.9 Å². The first-order valence-corrected chi connectivity index (χ1v) is 5.31. The van der Waals surface area contributed by atoms with Crippen LogP contribution in [0, 0.1) is 0 Å². The number of esters is 1. The Morgan fingerprint density at radius 2 is 2.22 bits per heavy atom. The number of alkyl halides is 2. The van der Waals surface area contributed by atoms with Crippen LogP contribution in [0.3, 0.4) is 0 Å². The van der Waals surface area contributed by atoms with E-state index in [2.05, 4.69) is 14.7 Å². The van der Waals surface area contributed by atoms with Gasteiger partial charge in [0.25, 0.3) is 0 Å². The maximum Gasteiger partial charge on any atom is 0.382 e. The zero-order chi connectivity index (χ0) is 13.2. The van der Waals surface area contributed by atoms with Crippen molar-refractivity contribution >= 4 is 16.9 Å². The molecule has 6 heteroatoms. The molecule has 2 aromatic heterocycles. The zero-order valence-electron chi connectivity index (χ0n) is 9.56. The van der Waals surface area contributed by atoms with Gasteiger partial charge in [-0.3, -0.25) is 9.97 Å². The van der Waals surface area contributed by atoms with Crippen LogP contribution in [-0.2, 0) is 15.5 Å². The summed E-state index contributed by atoms with van der Waals surface area (Å²) in [5, 5.41) is 0.443. The SMILES string of the molecule is CCOC(=O)C(F)(F)c1cncc2cccnc12. The molecule has 0 N–H and O–H groups in total. The lowest BCUT2D eigenvalue weighted by Gasteiger charge is -2.15. The van der Waals surface area contributed by atoms with Gasteiger partial charge in [0.15, 0.2) is 0 Å². The van der Waals surface area contributed by atoms with Crippen LogP contribution in [0.1, 0.15) is 12.5 Å². The topological polar surface area (TPSA) is 52.1 Å². The average Bonchev–Trinajstić information content (AvgIpc) is 2.38. The summed E-state index contributed by atoms with van der Waals surface area (Å²) >= 11 is 0. The Morgan fingerprint density at radius 1 is 1.44 bits per heavy atom. The fourth-order valence-electron chi connectivity index (χ4n) is 1.56. The van der Waals surface area contributed by atoms with E-state index in [1.165, 1.54) is 19.3 Å². The molecule has 0 spiro atoms. The molecule has 0 saturated heterocycles. The Kier molecular flexibility index (Phi) is 3.18. The number of hydrogen-bond acceptors (Lipinski definition) is 4. The van der Waals surface area contributed by atoms with E-state index in [0.717, 1.165) is 6.20 Å². The fraction of sp³-hybridized carbons (Fsp3) is 0.250. The van der Waals surface area contributed by atoms with E-state index in [0.29, 0.717) is 5.39 Å². The molecule has 2 aromatic rings. The number of rotatable bonds is 3. The molecule has 0 fully saturated rings. The van der Waals surface area contributed by atoms with Crippen LogP contribution < -0.4 is 0 Å². The molecule has 0 aromatic carbocycles. The van der Waals surface area contributed by atoms with Crippen molar-refractivity contribution in [2.24, 2.45) is 0 Å². The maximum atomic E-state index is 13.9. The quantitative estimate of drug-likeness (QED) is 0.786. The molecule has 0 bridgehead atoms. The predicted molar refractivity (Wildman–Crippen MR) is 60.1 cm³/mol. The molecule has 2 heterocycles. The molecule has 0 aliphatic rings. The summed E-state index contributed by atoms with van der Waals surface area (Å²) < 4.78 is 32.2. The van der Waals surface area contributed by atoms with E-state index in [1.54, 1.807) is 12.1 Å². The molecule has 0 aliphatic heterocycles. The smallest absolute Gasteiger partial charge is 0.382 e. The van der Waals surface area contributed by atoms with Crippen LogP contribution in [-0.4, -0.2) is 22.5 Å². The molecule has 2 rings (SSSR count). The maximum absolute atomic E-state index is 13.9. The third-order valence-electron chi connectivity index (χ3n) is 2.38. The van der Waals surface area contributed by atoms with Crippen molar-refractivity contribution in [2.45, 2.75) is 12.8 Å². The van der Waals surface area contributed by atoms with Gasteiger partial charge in [0.2, 0.25) is 0 Å². The summed E-state index contributed by atoms with van der Waals surface area (Å²) in [5.41, 5.74) is -0.496. The Hall–Kier alpha value is -2.11. The normalized spacial score (nSPS) is 11.5. The van der Waals surface area contributed by atoms with E-state index in [-0.39, 0.29) is 12.1 Å². The number of pyridine rings is 2. The highest BCUT2D eigenvalue weighted by molar-refractivity contribution is 5.88. The highest BCUT2D eigenvalue weighted by Gasteiger charge is 2.44. The van der Waals surface area contributed by atoms with Crippen molar-refractivity contribution in [3.05, 3.63) is 36.3 Å². The van der Waals surface area contributed by atoms with Crippen molar-refractivity contribution in [1.29, 1.82) is 0 Å². The van der Waals surface area contributed by atoms with Crippen LogP contribution in [0.4, 0.5) is 8.78 Å². The van der Waals surface area contributed by atoms with Gasteiger partial charge in [-0.15, -0.1) is 0 Å². The Labute approximate surface area is 102 Å². The van der Waals surface area contributed by atoms with Crippen LogP contribution >= 0.6 is 0 Å². The first kappa shape index (κ1) is 12.3. The van der Waals surface area contributed by atoms with Crippen molar-refractivity contribution in [3.8, 4) is 0 Å². The zero-order valence-corrected chi connectivity index (χ0v) is 9.56. The fourth-order valence-corrected chi connectivity index (χ4v) is 1.56. The summed E-state index contributed by atoms with van der Waals surface area (Å²) in [6.45, 7) is 1.35. The van der Waals surface area contributed by atoms with Crippen molar-refractivity contribution in [1.82, 2.24) is 9.97 Å². The van der Waals surface area contributed by atoms with E-state index in [4.69, 9.17) is 0 Å².